The molecule has 1 atom stereocenters. The highest BCUT2D eigenvalue weighted by molar-refractivity contribution is 6.30. The van der Waals surface area contributed by atoms with Crippen LogP contribution in [0.1, 0.15) is 18.5 Å². The van der Waals surface area contributed by atoms with Crippen molar-refractivity contribution >= 4 is 40.2 Å². The number of fused-ring (bicyclic) bond motifs is 3. The molecule has 3 aromatic carbocycles. The van der Waals surface area contributed by atoms with Gasteiger partial charge >= 0.3 is 0 Å². The fraction of sp³-hybridized carbons (Fsp3) is 0.0833. The van der Waals surface area contributed by atoms with E-state index in [4.69, 9.17) is 16.6 Å². The molecule has 5 rings (SSSR count). The van der Waals surface area contributed by atoms with Crippen LogP contribution in [0.15, 0.2) is 90.1 Å². The fourth-order valence-corrected chi connectivity index (χ4v) is 4.06. The van der Waals surface area contributed by atoms with Crippen LogP contribution in [0, 0.1) is 0 Å². The smallest absolute Gasteiger partial charge is 0.255 e. The van der Waals surface area contributed by atoms with Crippen LogP contribution in [0.3, 0.4) is 0 Å². The molecule has 0 saturated carbocycles. The number of hydrogen-bond acceptors (Lipinski definition) is 3. The number of hydrogen-bond donors (Lipinski definition) is 2. The lowest BCUT2D eigenvalue weighted by Gasteiger charge is -2.30. The van der Waals surface area contributed by atoms with Crippen LogP contribution in [-0.4, -0.2) is 15.5 Å². The van der Waals surface area contributed by atoms with Crippen molar-refractivity contribution in [3.05, 3.63) is 101 Å². The van der Waals surface area contributed by atoms with Crippen LogP contribution in [0.4, 0.5) is 11.6 Å². The SMILES string of the molecule is CC1=C(C(=O)Nc2ccccc2)[C@H](c2ccc(Cl)cc2)n2c(nc3ccccc32)N1. The normalized spacial score (nSPS) is 15.6. The summed E-state index contributed by atoms with van der Waals surface area (Å²) in [6.07, 6.45) is 0. The van der Waals surface area contributed by atoms with E-state index in [-0.39, 0.29) is 11.9 Å². The quantitative estimate of drug-likeness (QED) is 0.457. The summed E-state index contributed by atoms with van der Waals surface area (Å²) in [5, 5.41) is 7.00. The van der Waals surface area contributed by atoms with E-state index in [1.54, 1.807) is 0 Å². The maximum Gasteiger partial charge on any atom is 0.255 e. The van der Waals surface area contributed by atoms with E-state index in [2.05, 4.69) is 15.2 Å². The second-order valence-corrected chi connectivity index (χ2v) is 7.67. The Hall–Kier alpha value is -3.57. The topological polar surface area (TPSA) is 59.0 Å². The van der Waals surface area contributed by atoms with Crippen molar-refractivity contribution in [2.45, 2.75) is 13.0 Å². The van der Waals surface area contributed by atoms with Crippen LogP contribution < -0.4 is 10.6 Å². The number of allylic oxidation sites excluding steroid dienone is 1. The van der Waals surface area contributed by atoms with Crippen molar-refractivity contribution in [1.29, 1.82) is 0 Å². The summed E-state index contributed by atoms with van der Waals surface area (Å²) in [5.74, 6) is 0.555. The number of aromatic nitrogens is 2. The van der Waals surface area contributed by atoms with Crippen molar-refractivity contribution in [3.63, 3.8) is 0 Å². The molecule has 1 aliphatic rings. The highest BCUT2D eigenvalue weighted by Crippen LogP contribution is 2.39. The van der Waals surface area contributed by atoms with Gasteiger partial charge in [-0.05, 0) is 48.9 Å². The van der Waals surface area contributed by atoms with E-state index >= 15 is 0 Å². The fourth-order valence-electron chi connectivity index (χ4n) is 3.94. The van der Waals surface area contributed by atoms with Crippen molar-refractivity contribution in [2.75, 3.05) is 10.6 Å². The molecule has 6 heteroatoms. The molecule has 30 heavy (non-hydrogen) atoms. The summed E-state index contributed by atoms with van der Waals surface area (Å²) in [6, 6.07) is 24.7. The van der Waals surface area contributed by atoms with Gasteiger partial charge in [0.2, 0.25) is 5.95 Å². The number of carbonyl (C=O) groups excluding carboxylic acids is 1. The lowest BCUT2D eigenvalue weighted by molar-refractivity contribution is -0.113. The number of imidazole rings is 1. The third-order valence-electron chi connectivity index (χ3n) is 5.29. The number of para-hydroxylation sites is 3. The van der Waals surface area contributed by atoms with E-state index in [1.165, 1.54) is 0 Å². The molecule has 0 unspecified atom stereocenters. The number of anilines is 2. The molecule has 0 bridgehead atoms. The zero-order valence-electron chi connectivity index (χ0n) is 16.3. The van der Waals surface area contributed by atoms with Gasteiger partial charge < -0.3 is 10.6 Å². The number of amides is 1. The van der Waals surface area contributed by atoms with Gasteiger partial charge in [0.25, 0.3) is 5.91 Å². The molecular weight excluding hydrogens is 396 g/mol. The van der Waals surface area contributed by atoms with Crippen LogP contribution in [0.2, 0.25) is 5.02 Å². The molecule has 0 saturated heterocycles. The van der Waals surface area contributed by atoms with Crippen LogP contribution >= 0.6 is 11.6 Å². The summed E-state index contributed by atoms with van der Waals surface area (Å²) in [4.78, 5) is 18.2. The monoisotopic (exact) mass is 414 g/mol. The molecule has 1 aliphatic heterocycles. The van der Waals surface area contributed by atoms with Crippen molar-refractivity contribution in [2.24, 2.45) is 0 Å². The summed E-state index contributed by atoms with van der Waals surface area (Å²) in [5.41, 5.74) is 4.94. The molecule has 148 valence electrons. The number of rotatable bonds is 3. The maximum absolute atomic E-state index is 13.4. The summed E-state index contributed by atoms with van der Waals surface area (Å²) < 4.78 is 2.07. The van der Waals surface area contributed by atoms with Gasteiger partial charge in [0.1, 0.15) is 0 Å². The van der Waals surface area contributed by atoms with E-state index in [1.807, 2.05) is 85.8 Å². The van der Waals surface area contributed by atoms with Crippen molar-refractivity contribution < 1.29 is 4.79 Å². The summed E-state index contributed by atoms with van der Waals surface area (Å²) >= 11 is 6.14. The molecule has 1 amide bonds. The minimum Gasteiger partial charge on any atom is -0.329 e. The zero-order chi connectivity index (χ0) is 20.7. The van der Waals surface area contributed by atoms with E-state index < -0.39 is 0 Å². The molecule has 0 radical (unpaired) electrons. The van der Waals surface area contributed by atoms with Gasteiger partial charge in [-0.15, -0.1) is 0 Å². The number of carbonyl (C=O) groups is 1. The lowest BCUT2D eigenvalue weighted by Crippen LogP contribution is -2.30. The first-order chi connectivity index (χ1) is 14.6. The van der Waals surface area contributed by atoms with Gasteiger partial charge in [-0.2, -0.15) is 0 Å². The molecule has 1 aromatic heterocycles. The average Bonchev–Trinajstić information content (AvgIpc) is 3.12. The number of nitrogens with one attached hydrogen (secondary N) is 2. The van der Waals surface area contributed by atoms with Crippen LogP contribution in [-0.2, 0) is 4.79 Å². The maximum atomic E-state index is 13.4. The predicted octanol–water partition coefficient (Wildman–Crippen LogP) is 5.62. The van der Waals surface area contributed by atoms with Gasteiger partial charge in [-0.3, -0.25) is 9.36 Å². The second kappa shape index (κ2) is 7.35. The second-order valence-electron chi connectivity index (χ2n) is 7.23. The first kappa shape index (κ1) is 18.5. The Morgan fingerprint density at radius 3 is 2.47 bits per heavy atom. The molecule has 0 aliphatic carbocycles. The minimum absolute atomic E-state index is 0.158. The van der Waals surface area contributed by atoms with Gasteiger partial charge in [0.15, 0.2) is 0 Å². The number of halogens is 1. The highest BCUT2D eigenvalue weighted by Gasteiger charge is 2.34. The largest absolute Gasteiger partial charge is 0.329 e. The Morgan fingerprint density at radius 1 is 1.00 bits per heavy atom. The summed E-state index contributed by atoms with van der Waals surface area (Å²) in [6.45, 7) is 1.91. The average molecular weight is 415 g/mol. The molecule has 0 spiro atoms. The Morgan fingerprint density at radius 2 is 1.70 bits per heavy atom. The number of nitrogens with zero attached hydrogens (tertiary/aromatic N) is 2. The third kappa shape index (κ3) is 3.13. The first-order valence-electron chi connectivity index (χ1n) is 9.68. The molecule has 0 fully saturated rings. The van der Waals surface area contributed by atoms with Crippen LogP contribution in [0.25, 0.3) is 11.0 Å². The Balaban J connectivity index is 1.68. The lowest BCUT2D eigenvalue weighted by atomic mass is 9.94. The van der Waals surface area contributed by atoms with E-state index in [9.17, 15) is 4.79 Å². The zero-order valence-corrected chi connectivity index (χ0v) is 17.0. The van der Waals surface area contributed by atoms with Crippen molar-refractivity contribution in [1.82, 2.24) is 9.55 Å². The predicted molar refractivity (Wildman–Crippen MR) is 121 cm³/mol. The van der Waals surface area contributed by atoms with E-state index in [0.29, 0.717) is 16.5 Å². The first-order valence-corrected chi connectivity index (χ1v) is 10.1. The molecular formula is C24H19ClN4O. The van der Waals surface area contributed by atoms with E-state index in [0.717, 1.165) is 28.0 Å². The highest BCUT2D eigenvalue weighted by atomic mass is 35.5. The van der Waals surface area contributed by atoms with Gasteiger partial charge in [0, 0.05) is 16.4 Å². The van der Waals surface area contributed by atoms with Gasteiger partial charge in [-0.25, -0.2) is 4.98 Å². The molecule has 2 heterocycles. The third-order valence-corrected chi connectivity index (χ3v) is 5.54. The molecule has 5 nitrogen and oxygen atoms in total. The Labute approximate surface area is 179 Å². The van der Waals surface area contributed by atoms with Crippen LogP contribution in [0.5, 0.6) is 0 Å². The molecule has 2 N–H and O–H groups in total. The number of benzene rings is 3. The van der Waals surface area contributed by atoms with Crippen molar-refractivity contribution in [3.8, 4) is 0 Å². The van der Waals surface area contributed by atoms with Gasteiger partial charge in [-0.1, -0.05) is 54.1 Å². The minimum atomic E-state index is -0.338. The van der Waals surface area contributed by atoms with Gasteiger partial charge in [0.05, 0.1) is 22.6 Å². The standard InChI is InChI=1S/C24H19ClN4O/c1-15-21(23(30)27-18-7-3-2-4-8-18)22(16-11-13-17(25)14-12-16)29-20-10-6-5-9-19(20)28-24(29)26-15/h2-14,22H,1H3,(H,26,28)(H,27,30)/t22-/m0/s1. The molecule has 4 aromatic rings. The Bertz CT molecular complexity index is 1280. The summed E-state index contributed by atoms with van der Waals surface area (Å²) in [7, 11) is 0. The Kier molecular flexibility index (Phi) is 4.52.